The number of ether oxygens (including phenoxy) is 1. The van der Waals surface area contributed by atoms with Crippen molar-refractivity contribution in [3.8, 4) is 5.75 Å². The van der Waals surface area contributed by atoms with Crippen LogP contribution in [0.15, 0.2) is 36.4 Å². The smallest absolute Gasteiger partial charge is 0.194 e. The Morgan fingerprint density at radius 3 is 2.33 bits per heavy atom. The minimum atomic E-state index is -1.50. The van der Waals surface area contributed by atoms with Crippen molar-refractivity contribution < 1.29 is 22.7 Å². The van der Waals surface area contributed by atoms with Crippen LogP contribution >= 0.6 is 0 Å². The lowest BCUT2D eigenvalue weighted by molar-refractivity contribution is 0.0980. The molecule has 110 valence electrons. The van der Waals surface area contributed by atoms with Crippen LogP contribution in [0.2, 0.25) is 0 Å². The van der Waals surface area contributed by atoms with E-state index >= 15 is 0 Å². The summed E-state index contributed by atoms with van der Waals surface area (Å²) in [6.07, 6.45) is 0.163. The molecule has 21 heavy (non-hydrogen) atoms. The summed E-state index contributed by atoms with van der Waals surface area (Å²) < 4.78 is 44.1. The summed E-state index contributed by atoms with van der Waals surface area (Å²) in [5, 5.41) is 0. The van der Waals surface area contributed by atoms with Gasteiger partial charge in [-0.3, -0.25) is 4.79 Å². The van der Waals surface area contributed by atoms with Crippen LogP contribution in [0.4, 0.5) is 13.2 Å². The average molecular weight is 294 g/mol. The lowest BCUT2D eigenvalue weighted by Crippen LogP contribution is -2.04. The molecule has 0 fully saturated rings. The second-order valence-corrected chi connectivity index (χ2v) is 4.50. The topological polar surface area (TPSA) is 26.3 Å². The van der Waals surface area contributed by atoms with Crippen molar-refractivity contribution in [3.63, 3.8) is 0 Å². The number of carbonyl (C=O) groups is 1. The molecule has 2 nitrogen and oxygen atoms in total. The van der Waals surface area contributed by atoms with E-state index in [1.165, 1.54) is 7.11 Å². The molecule has 0 atom stereocenters. The molecule has 0 amide bonds. The van der Waals surface area contributed by atoms with Gasteiger partial charge in [0.05, 0.1) is 12.7 Å². The molecular weight excluding hydrogens is 281 g/mol. The van der Waals surface area contributed by atoms with Gasteiger partial charge in [-0.1, -0.05) is 12.1 Å². The van der Waals surface area contributed by atoms with Gasteiger partial charge in [-0.2, -0.15) is 0 Å². The van der Waals surface area contributed by atoms with E-state index in [0.717, 1.165) is 12.1 Å². The monoisotopic (exact) mass is 294 g/mol. The lowest BCUT2D eigenvalue weighted by Gasteiger charge is -2.07. The van der Waals surface area contributed by atoms with Crippen LogP contribution in [0.5, 0.6) is 5.75 Å². The summed E-state index contributed by atoms with van der Waals surface area (Å²) in [5.41, 5.74) is 0.637. The third-order valence-electron chi connectivity index (χ3n) is 3.09. The van der Waals surface area contributed by atoms with E-state index in [1.54, 1.807) is 24.3 Å². The summed E-state index contributed by atoms with van der Waals surface area (Å²) >= 11 is 0. The number of benzene rings is 2. The van der Waals surface area contributed by atoms with Gasteiger partial charge in [0.25, 0.3) is 0 Å². The molecule has 5 heteroatoms. The molecule has 0 heterocycles. The van der Waals surface area contributed by atoms with Gasteiger partial charge in [0.2, 0.25) is 0 Å². The van der Waals surface area contributed by atoms with E-state index in [9.17, 15) is 18.0 Å². The molecule has 2 aromatic rings. The second-order valence-electron chi connectivity index (χ2n) is 4.50. The Bertz CT molecular complexity index is 645. The molecule has 0 aliphatic rings. The number of para-hydroxylation sites is 1. The Morgan fingerprint density at radius 2 is 1.71 bits per heavy atom. The normalized spacial score (nSPS) is 10.5. The average Bonchev–Trinajstić information content (AvgIpc) is 2.50. The standard InChI is InChI=1S/C16H13F3O2/c1-21-15-5-3-2-4-11(15)14(20)7-6-10-8-12(17)16(19)13(18)9-10/h2-5,8-9H,6-7H2,1H3. The predicted octanol–water partition coefficient (Wildman–Crippen LogP) is 3.93. The van der Waals surface area contributed by atoms with Gasteiger partial charge in [0, 0.05) is 6.42 Å². The Balaban J connectivity index is 2.11. The second kappa shape index (κ2) is 6.43. The Labute approximate surface area is 120 Å². The fourth-order valence-corrected chi connectivity index (χ4v) is 2.02. The number of methoxy groups -OCH3 is 1. The van der Waals surface area contributed by atoms with Crippen molar-refractivity contribution in [1.82, 2.24) is 0 Å². The first-order valence-corrected chi connectivity index (χ1v) is 6.32. The molecule has 0 bridgehead atoms. The van der Waals surface area contributed by atoms with Crippen molar-refractivity contribution in [2.75, 3.05) is 7.11 Å². The Kier molecular flexibility index (Phi) is 4.62. The third kappa shape index (κ3) is 3.42. The molecule has 2 aromatic carbocycles. The van der Waals surface area contributed by atoms with Gasteiger partial charge in [-0.05, 0) is 36.2 Å². The van der Waals surface area contributed by atoms with Gasteiger partial charge >= 0.3 is 0 Å². The van der Waals surface area contributed by atoms with Gasteiger partial charge < -0.3 is 4.74 Å². The predicted molar refractivity (Wildman–Crippen MR) is 72.0 cm³/mol. The number of aryl methyl sites for hydroxylation is 1. The molecule has 0 spiro atoms. The third-order valence-corrected chi connectivity index (χ3v) is 3.09. The molecule has 0 unspecified atom stereocenters. The maximum Gasteiger partial charge on any atom is 0.194 e. The lowest BCUT2D eigenvalue weighted by atomic mass is 10.0. The molecule has 0 radical (unpaired) electrons. The summed E-state index contributed by atoms with van der Waals surface area (Å²) in [6, 6.07) is 8.51. The van der Waals surface area contributed by atoms with Gasteiger partial charge in [-0.15, -0.1) is 0 Å². The largest absolute Gasteiger partial charge is 0.496 e. The zero-order chi connectivity index (χ0) is 15.4. The number of Topliss-reactive ketones (excluding diaryl/α,β-unsaturated/α-hetero) is 1. The van der Waals surface area contributed by atoms with Crippen LogP contribution < -0.4 is 4.74 Å². The highest BCUT2D eigenvalue weighted by Gasteiger charge is 2.14. The SMILES string of the molecule is COc1ccccc1C(=O)CCc1cc(F)c(F)c(F)c1. The highest BCUT2D eigenvalue weighted by Crippen LogP contribution is 2.21. The minimum absolute atomic E-state index is 0.0465. The number of hydrogen-bond acceptors (Lipinski definition) is 2. The number of hydrogen-bond donors (Lipinski definition) is 0. The highest BCUT2D eigenvalue weighted by molar-refractivity contribution is 5.98. The maximum absolute atomic E-state index is 13.1. The summed E-state index contributed by atoms with van der Waals surface area (Å²) in [6.45, 7) is 0. The molecular formula is C16H13F3O2. The van der Waals surface area contributed by atoms with Gasteiger partial charge in [0.1, 0.15) is 5.75 Å². The zero-order valence-corrected chi connectivity index (χ0v) is 11.3. The van der Waals surface area contributed by atoms with Crippen LogP contribution in [0, 0.1) is 17.5 Å². The number of halogens is 3. The van der Waals surface area contributed by atoms with Crippen LogP contribution in [-0.4, -0.2) is 12.9 Å². The van der Waals surface area contributed by atoms with E-state index in [1.807, 2.05) is 0 Å². The van der Waals surface area contributed by atoms with E-state index in [4.69, 9.17) is 4.74 Å². The fourth-order valence-electron chi connectivity index (χ4n) is 2.02. The summed E-state index contributed by atoms with van der Waals surface area (Å²) in [4.78, 5) is 12.1. The number of rotatable bonds is 5. The van der Waals surface area contributed by atoms with Crippen molar-refractivity contribution in [1.29, 1.82) is 0 Å². The van der Waals surface area contributed by atoms with Crippen LogP contribution in [0.1, 0.15) is 22.3 Å². The van der Waals surface area contributed by atoms with Crippen molar-refractivity contribution in [3.05, 3.63) is 65.0 Å². The first kappa shape index (κ1) is 15.1. The minimum Gasteiger partial charge on any atom is -0.496 e. The van der Waals surface area contributed by atoms with E-state index < -0.39 is 17.5 Å². The fraction of sp³-hybridized carbons (Fsp3) is 0.188. The number of ketones is 1. The first-order valence-electron chi connectivity index (χ1n) is 6.32. The van der Waals surface area contributed by atoms with Crippen molar-refractivity contribution in [2.45, 2.75) is 12.8 Å². The first-order chi connectivity index (χ1) is 10.0. The van der Waals surface area contributed by atoms with Crippen LogP contribution in [0.25, 0.3) is 0 Å². The highest BCUT2D eigenvalue weighted by atomic mass is 19.2. The van der Waals surface area contributed by atoms with Crippen LogP contribution in [-0.2, 0) is 6.42 Å². The van der Waals surface area contributed by atoms with E-state index in [-0.39, 0.29) is 24.2 Å². The van der Waals surface area contributed by atoms with E-state index in [0.29, 0.717) is 11.3 Å². The molecule has 0 saturated carbocycles. The molecule has 0 aliphatic carbocycles. The molecule has 0 saturated heterocycles. The molecule has 2 rings (SSSR count). The number of carbonyl (C=O) groups excluding carboxylic acids is 1. The zero-order valence-electron chi connectivity index (χ0n) is 11.3. The molecule has 0 aromatic heterocycles. The van der Waals surface area contributed by atoms with Gasteiger partial charge in [0.15, 0.2) is 23.2 Å². The van der Waals surface area contributed by atoms with Gasteiger partial charge in [-0.25, -0.2) is 13.2 Å². The Morgan fingerprint density at radius 1 is 1.10 bits per heavy atom. The van der Waals surface area contributed by atoms with Crippen LogP contribution in [0.3, 0.4) is 0 Å². The maximum atomic E-state index is 13.1. The van der Waals surface area contributed by atoms with Crippen molar-refractivity contribution >= 4 is 5.78 Å². The summed E-state index contributed by atoms with van der Waals surface area (Å²) in [5.74, 6) is -3.78. The van der Waals surface area contributed by atoms with Crippen molar-refractivity contribution in [2.24, 2.45) is 0 Å². The quantitative estimate of drug-likeness (QED) is 0.617. The van der Waals surface area contributed by atoms with E-state index in [2.05, 4.69) is 0 Å². The molecule has 0 aliphatic heterocycles. The molecule has 0 N–H and O–H groups in total. The Hall–Kier alpha value is -2.30. The summed E-state index contributed by atoms with van der Waals surface area (Å²) in [7, 11) is 1.46.